The van der Waals surface area contributed by atoms with Crippen LogP contribution in [0.5, 0.6) is 5.75 Å². The third-order valence-electron chi connectivity index (χ3n) is 3.66. The lowest BCUT2D eigenvalue weighted by Crippen LogP contribution is -2.21. The molecule has 0 amide bonds. The number of carbonyl (C=O) groups is 1. The lowest BCUT2D eigenvalue weighted by molar-refractivity contribution is -0.146. The van der Waals surface area contributed by atoms with Crippen LogP contribution in [-0.4, -0.2) is 13.1 Å². The van der Waals surface area contributed by atoms with Crippen LogP contribution in [0, 0.1) is 0 Å². The Morgan fingerprint density at radius 3 is 2.42 bits per heavy atom. The largest absolute Gasteiger partial charge is 0.424 e. The molecule has 0 heterocycles. The SMILES string of the molecule is CCc1cc(Cl)ccc1OC(=O)C(OC)c1ccc(Cl)c(C(F)(F)F)c1. The summed E-state index contributed by atoms with van der Waals surface area (Å²) in [4.78, 5) is 12.4. The van der Waals surface area contributed by atoms with Crippen LogP contribution in [0.4, 0.5) is 13.2 Å². The molecule has 2 rings (SSSR count). The Kier molecular flexibility index (Phi) is 6.55. The van der Waals surface area contributed by atoms with Crippen molar-refractivity contribution in [1.82, 2.24) is 0 Å². The zero-order valence-corrected chi connectivity index (χ0v) is 15.4. The van der Waals surface area contributed by atoms with E-state index in [1.165, 1.54) is 19.2 Å². The van der Waals surface area contributed by atoms with Gasteiger partial charge in [-0.15, -0.1) is 0 Å². The summed E-state index contributed by atoms with van der Waals surface area (Å²) in [5.41, 5.74) is -0.374. The quantitative estimate of drug-likeness (QED) is 0.460. The van der Waals surface area contributed by atoms with Gasteiger partial charge in [0, 0.05) is 12.1 Å². The maximum absolute atomic E-state index is 13.0. The average molecular weight is 407 g/mol. The van der Waals surface area contributed by atoms with E-state index in [2.05, 4.69) is 0 Å². The fraction of sp³-hybridized carbons (Fsp3) is 0.278. The van der Waals surface area contributed by atoms with Gasteiger partial charge in [0.05, 0.1) is 10.6 Å². The number of halogens is 5. The molecule has 140 valence electrons. The van der Waals surface area contributed by atoms with E-state index >= 15 is 0 Å². The molecule has 0 fully saturated rings. The summed E-state index contributed by atoms with van der Waals surface area (Å²) in [6.07, 6.45) is -5.44. The van der Waals surface area contributed by atoms with Gasteiger partial charge in [-0.1, -0.05) is 36.2 Å². The molecule has 0 aliphatic carbocycles. The van der Waals surface area contributed by atoms with Crippen molar-refractivity contribution in [1.29, 1.82) is 0 Å². The summed E-state index contributed by atoms with van der Waals surface area (Å²) in [5.74, 6) is -0.575. The first-order chi connectivity index (χ1) is 12.2. The number of benzene rings is 2. The maximum atomic E-state index is 13.0. The highest BCUT2D eigenvalue weighted by molar-refractivity contribution is 6.31. The van der Waals surface area contributed by atoms with Gasteiger partial charge in [-0.25, -0.2) is 4.79 Å². The number of alkyl halides is 3. The summed E-state index contributed by atoms with van der Waals surface area (Å²) in [6, 6.07) is 7.86. The number of ether oxygens (including phenoxy) is 2. The highest BCUT2D eigenvalue weighted by Gasteiger charge is 2.35. The first-order valence-electron chi connectivity index (χ1n) is 7.57. The molecule has 2 aromatic rings. The molecule has 0 saturated heterocycles. The number of esters is 1. The van der Waals surface area contributed by atoms with Gasteiger partial charge in [0.25, 0.3) is 0 Å². The Morgan fingerprint density at radius 1 is 1.15 bits per heavy atom. The molecule has 0 radical (unpaired) electrons. The van der Waals surface area contributed by atoms with E-state index in [4.69, 9.17) is 32.7 Å². The number of hydrogen-bond acceptors (Lipinski definition) is 3. The fourth-order valence-electron chi connectivity index (χ4n) is 2.38. The van der Waals surface area contributed by atoms with Crippen LogP contribution in [-0.2, 0) is 22.1 Å². The Balaban J connectivity index is 2.33. The minimum Gasteiger partial charge on any atom is -0.424 e. The van der Waals surface area contributed by atoms with E-state index in [9.17, 15) is 18.0 Å². The lowest BCUT2D eigenvalue weighted by Gasteiger charge is -2.18. The molecule has 0 aromatic heterocycles. The van der Waals surface area contributed by atoms with Crippen LogP contribution < -0.4 is 4.74 Å². The van der Waals surface area contributed by atoms with Crippen LogP contribution in [0.25, 0.3) is 0 Å². The van der Waals surface area contributed by atoms with E-state index in [-0.39, 0.29) is 11.3 Å². The standard InChI is InChI=1S/C18H15Cl2F3O3/c1-3-10-8-12(19)5-7-15(10)26-17(24)16(25-2)11-4-6-14(20)13(9-11)18(21,22)23/h4-9,16H,3H2,1-2H3. The van der Waals surface area contributed by atoms with Crippen molar-refractivity contribution in [2.75, 3.05) is 7.11 Å². The Hall–Kier alpha value is -1.76. The van der Waals surface area contributed by atoms with Gasteiger partial charge in [-0.3, -0.25) is 0 Å². The number of rotatable bonds is 5. The van der Waals surface area contributed by atoms with Crippen molar-refractivity contribution in [3.05, 3.63) is 63.1 Å². The molecular formula is C18H15Cl2F3O3. The van der Waals surface area contributed by atoms with E-state index in [1.807, 2.05) is 6.92 Å². The Labute approximate surface area is 158 Å². The first kappa shape index (κ1) is 20.6. The average Bonchev–Trinajstić information content (AvgIpc) is 2.57. The summed E-state index contributed by atoms with van der Waals surface area (Å²) in [7, 11) is 1.20. The van der Waals surface area contributed by atoms with Crippen LogP contribution in [0.3, 0.4) is 0 Å². The van der Waals surface area contributed by atoms with Gasteiger partial charge >= 0.3 is 12.1 Å². The molecule has 8 heteroatoms. The van der Waals surface area contributed by atoms with Crippen LogP contribution >= 0.6 is 23.2 Å². The van der Waals surface area contributed by atoms with Crippen LogP contribution in [0.1, 0.15) is 29.7 Å². The lowest BCUT2D eigenvalue weighted by atomic mass is 10.1. The summed E-state index contributed by atoms with van der Waals surface area (Å²) < 4.78 is 49.5. The topological polar surface area (TPSA) is 35.5 Å². The smallest absolute Gasteiger partial charge is 0.417 e. The molecule has 1 unspecified atom stereocenters. The number of aryl methyl sites for hydroxylation is 1. The van der Waals surface area contributed by atoms with E-state index in [1.54, 1.807) is 12.1 Å². The molecule has 0 N–H and O–H groups in total. The summed E-state index contributed by atoms with van der Waals surface area (Å²) in [5, 5.41) is 0.0212. The minimum absolute atomic E-state index is 0.0127. The van der Waals surface area contributed by atoms with Crippen molar-refractivity contribution in [3.63, 3.8) is 0 Å². The molecule has 3 nitrogen and oxygen atoms in total. The van der Waals surface area contributed by atoms with E-state index < -0.39 is 28.8 Å². The van der Waals surface area contributed by atoms with Crippen molar-refractivity contribution >= 4 is 29.2 Å². The van der Waals surface area contributed by atoms with Gasteiger partial charge in [-0.05, 0) is 47.9 Å². The predicted molar refractivity (Wildman–Crippen MR) is 92.7 cm³/mol. The second kappa shape index (κ2) is 8.29. The molecule has 2 aromatic carbocycles. The number of hydrogen-bond donors (Lipinski definition) is 0. The van der Waals surface area contributed by atoms with Crippen LogP contribution in [0.15, 0.2) is 36.4 Å². The summed E-state index contributed by atoms with van der Waals surface area (Å²) >= 11 is 11.5. The maximum Gasteiger partial charge on any atom is 0.417 e. The molecule has 0 spiro atoms. The number of carbonyl (C=O) groups excluding carboxylic acids is 1. The van der Waals surface area contributed by atoms with E-state index in [0.717, 1.165) is 12.1 Å². The molecule has 0 aliphatic rings. The van der Waals surface area contributed by atoms with Crippen molar-refractivity contribution in [3.8, 4) is 5.75 Å². The monoisotopic (exact) mass is 406 g/mol. The van der Waals surface area contributed by atoms with Gasteiger partial charge in [-0.2, -0.15) is 13.2 Å². The van der Waals surface area contributed by atoms with Crippen molar-refractivity contribution < 1.29 is 27.4 Å². The van der Waals surface area contributed by atoms with Crippen LogP contribution in [0.2, 0.25) is 10.0 Å². The fourth-order valence-corrected chi connectivity index (χ4v) is 2.80. The van der Waals surface area contributed by atoms with Gasteiger partial charge in [0.15, 0.2) is 6.10 Å². The van der Waals surface area contributed by atoms with Crippen molar-refractivity contribution in [2.24, 2.45) is 0 Å². The minimum atomic E-state index is -4.65. The zero-order chi connectivity index (χ0) is 19.5. The van der Waals surface area contributed by atoms with Crippen molar-refractivity contribution in [2.45, 2.75) is 25.6 Å². The highest BCUT2D eigenvalue weighted by Crippen LogP contribution is 2.37. The predicted octanol–water partition coefficient (Wildman–Crippen LogP) is 5.87. The second-order valence-corrected chi connectivity index (χ2v) is 6.22. The van der Waals surface area contributed by atoms with Gasteiger partial charge in [0.2, 0.25) is 0 Å². The highest BCUT2D eigenvalue weighted by atomic mass is 35.5. The molecule has 0 bridgehead atoms. The molecule has 26 heavy (non-hydrogen) atoms. The van der Waals surface area contributed by atoms with Gasteiger partial charge in [0.1, 0.15) is 5.75 Å². The molecular weight excluding hydrogens is 392 g/mol. The molecule has 0 saturated carbocycles. The second-order valence-electron chi connectivity index (χ2n) is 5.38. The zero-order valence-electron chi connectivity index (χ0n) is 13.9. The number of methoxy groups -OCH3 is 1. The third-order valence-corrected chi connectivity index (χ3v) is 4.23. The summed E-state index contributed by atoms with van der Waals surface area (Å²) in [6.45, 7) is 1.85. The molecule has 1 atom stereocenters. The normalized spacial score (nSPS) is 12.7. The Morgan fingerprint density at radius 2 is 1.85 bits per heavy atom. The van der Waals surface area contributed by atoms with Gasteiger partial charge < -0.3 is 9.47 Å². The third kappa shape index (κ3) is 4.69. The molecule has 0 aliphatic heterocycles. The Bertz CT molecular complexity index is 807. The first-order valence-corrected chi connectivity index (χ1v) is 8.32. The van der Waals surface area contributed by atoms with E-state index in [0.29, 0.717) is 17.0 Å².